The van der Waals surface area contributed by atoms with Crippen LogP contribution in [-0.4, -0.2) is 36.1 Å². The molecule has 0 aromatic heterocycles. The molecule has 32 heavy (non-hydrogen) atoms. The molecular formula is C27H40ClN2OY+. The molecule has 1 aliphatic rings. The van der Waals surface area contributed by atoms with Crippen molar-refractivity contribution in [3.8, 4) is 0 Å². The number of nitrogens with zero attached hydrogens (tertiary/aromatic N) is 1. The predicted octanol–water partition coefficient (Wildman–Crippen LogP) is 7.08. The first-order chi connectivity index (χ1) is 14.8. The van der Waals surface area contributed by atoms with Crippen LogP contribution in [0.4, 0.5) is 5.69 Å². The topological polar surface area (TPSA) is 29.1 Å². The molecule has 1 aliphatic heterocycles. The summed E-state index contributed by atoms with van der Waals surface area (Å²) in [6.07, 6.45) is 5.94. The Labute approximate surface area is 225 Å². The van der Waals surface area contributed by atoms with Crippen molar-refractivity contribution in [2.24, 2.45) is 0 Å². The molecule has 1 unspecified atom stereocenters. The number of anilines is 1. The number of halogens is 1. The number of hydrogen-bond acceptors (Lipinski definition) is 1. The maximum Gasteiger partial charge on any atom is 0.282 e. The van der Waals surface area contributed by atoms with E-state index in [-0.39, 0.29) is 44.7 Å². The van der Waals surface area contributed by atoms with Gasteiger partial charge in [-0.1, -0.05) is 54.4 Å². The third-order valence-corrected chi connectivity index (χ3v) is 6.84. The molecule has 1 fully saturated rings. The van der Waals surface area contributed by atoms with E-state index in [0.29, 0.717) is 0 Å². The SMILES string of the molecule is CCC(C(=O)Nc1c(C)cc(Cl)cc1C)[N+]1(CC)CCCCCC1.Cc1ccccc1.[Y]. The minimum absolute atomic E-state index is 0. The van der Waals surface area contributed by atoms with Gasteiger partial charge in [0.15, 0.2) is 6.04 Å². The van der Waals surface area contributed by atoms with E-state index in [2.05, 4.69) is 38.2 Å². The maximum absolute atomic E-state index is 13.1. The maximum atomic E-state index is 13.1. The van der Waals surface area contributed by atoms with Crippen molar-refractivity contribution < 1.29 is 42.0 Å². The van der Waals surface area contributed by atoms with Crippen LogP contribution in [0.1, 0.15) is 62.6 Å². The molecule has 3 nitrogen and oxygen atoms in total. The molecular weight excluding hydrogens is 493 g/mol. The summed E-state index contributed by atoms with van der Waals surface area (Å²) in [6.45, 7) is 13.8. The Kier molecular flexibility index (Phi) is 13.3. The Morgan fingerprint density at radius 1 is 0.969 bits per heavy atom. The van der Waals surface area contributed by atoms with Crippen molar-refractivity contribution in [2.45, 2.75) is 72.8 Å². The number of benzene rings is 2. The second-order valence-corrected chi connectivity index (χ2v) is 9.32. The van der Waals surface area contributed by atoms with Crippen LogP contribution >= 0.6 is 11.6 Å². The van der Waals surface area contributed by atoms with Crippen molar-refractivity contribution in [2.75, 3.05) is 25.0 Å². The van der Waals surface area contributed by atoms with E-state index in [4.69, 9.17) is 11.6 Å². The predicted molar refractivity (Wildman–Crippen MR) is 134 cm³/mol. The largest absolute Gasteiger partial charge is 0.320 e. The van der Waals surface area contributed by atoms with E-state index >= 15 is 0 Å². The van der Waals surface area contributed by atoms with Gasteiger partial charge >= 0.3 is 0 Å². The summed E-state index contributed by atoms with van der Waals surface area (Å²) in [5.74, 6) is 0.162. The number of rotatable bonds is 5. The van der Waals surface area contributed by atoms with E-state index in [1.54, 1.807) is 0 Å². The van der Waals surface area contributed by atoms with E-state index in [0.717, 1.165) is 52.4 Å². The van der Waals surface area contributed by atoms with Gasteiger partial charge in [0.05, 0.1) is 19.6 Å². The smallest absolute Gasteiger partial charge is 0.282 e. The van der Waals surface area contributed by atoms with Gasteiger partial charge < -0.3 is 9.80 Å². The number of likely N-dealkylation sites (tertiary alicyclic amines) is 1. The molecule has 1 heterocycles. The Morgan fingerprint density at radius 2 is 1.50 bits per heavy atom. The minimum atomic E-state index is 0. The number of carbonyl (C=O) groups excluding carboxylic acids is 1. The van der Waals surface area contributed by atoms with Crippen LogP contribution in [0, 0.1) is 20.8 Å². The van der Waals surface area contributed by atoms with Crippen LogP contribution in [-0.2, 0) is 37.5 Å². The molecule has 2 aromatic carbocycles. The van der Waals surface area contributed by atoms with Gasteiger partial charge in [-0.05, 0) is 76.6 Å². The fraction of sp³-hybridized carbons (Fsp3) is 0.519. The van der Waals surface area contributed by atoms with Gasteiger partial charge in [0.2, 0.25) is 0 Å². The fourth-order valence-electron chi connectivity index (χ4n) is 4.84. The quantitative estimate of drug-likeness (QED) is 0.410. The number of nitrogens with one attached hydrogen (secondary N) is 1. The van der Waals surface area contributed by atoms with E-state index < -0.39 is 0 Å². The summed E-state index contributed by atoms with van der Waals surface area (Å²) in [6, 6.07) is 14.1. The van der Waals surface area contributed by atoms with Crippen LogP contribution in [0.3, 0.4) is 0 Å². The van der Waals surface area contributed by atoms with Gasteiger partial charge in [0, 0.05) is 49.8 Å². The summed E-state index contributed by atoms with van der Waals surface area (Å²) in [4.78, 5) is 13.1. The number of likely N-dealkylation sites (N-methyl/N-ethyl adjacent to an activating group) is 1. The van der Waals surface area contributed by atoms with Gasteiger partial charge in [-0.15, -0.1) is 0 Å². The first-order valence-electron chi connectivity index (χ1n) is 11.8. The van der Waals surface area contributed by atoms with Gasteiger partial charge in [-0.25, -0.2) is 0 Å². The summed E-state index contributed by atoms with van der Waals surface area (Å²) in [5, 5.41) is 3.94. The molecule has 0 aliphatic carbocycles. The molecule has 1 atom stereocenters. The third-order valence-electron chi connectivity index (χ3n) is 6.62. The molecule has 1 N–H and O–H groups in total. The zero-order valence-electron chi connectivity index (χ0n) is 20.6. The summed E-state index contributed by atoms with van der Waals surface area (Å²) in [7, 11) is 0. The second-order valence-electron chi connectivity index (χ2n) is 8.88. The van der Waals surface area contributed by atoms with Crippen LogP contribution in [0.15, 0.2) is 42.5 Å². The number of aryl methyl sites for hydroxylation is 3. The Bertz CT molecular complexity index is 810. The third kappa shape index (κ3) is 8.24. The first kappa shape index (κ1) is 29.3. The van der Waals surface area contributed by atoms with Crippen molar-refractivity contribution >= 4 is 23.2 Å². The Hall–Kier alpha value is -0.736. The van der Waals surface area contributed by atoms with Gasteiger partial charge in [0.1, 0.15) is 0 Å². The second kappa shape index (κ2) is 14.5. The summed E-state index contributed by atoms with van der Waals surface area (Å²) < 4.78 is 0.939. The van der Waals surface area contributed by atoms with Crippen LogP contribution in [0.2, 0.25) is 5.02 Å². The average Bonchev–Trinajstić information content (AvgIpc) is 2.99. The van der Waals surface area contributed by atoms with Crippen molar-refractivity contribution in [3.05, 3.63) is 64.2 Å². The van der Waals surface area contributed by atoms with Crippen LogP contribution in [0.5, 0.6) is 0 Å². The van der Waals surface area contributed by atoms with Crippen molar-refractivity contribution in [3.63, 3.8) is 0 Å². The number of quaternary nitrogens is 1. The molecule has 1 amide bonds. The number of amides is 1. The Morgan fingerprint density at radius 3 is 1.91 bits per heavy atom. The number of carbonyl (C=O) groups is 1. The molecule has 1 radical (unpaired) electrons. The van der Waals surface area contributed by atoms with Crippen molar-refractivity contribution in [1.29, 1.82) is 0 Å². The summed E-state index contributed by atoms with van der Waals surface area (Å²) >= 11 is 6.12. The van der Waals surface area contributed by atoms with Crippen LogP contribution in [0.25, 0.3) is 0 Å². The van der Waals surface area contributed by atoms with Crippen LogP contribution < -0.4 is 5.32 Å². The molecule has 5 heteroatoms. The molecule has 1 saturated heterocycles. The van der Waals surface area contributed by atoms with Gasteiger partial charge in [0.25, 0.3) is 5.91 Å². The molecule has 0 bridgehead atoms. The standard InChI is InChI=1S/C20H31ClN2O.C7H8.Y/c1-5-18(23(6-2)11-9-7-8-10-12-23)20(24)22-19-15(3)13-17(21)14-16(19)4;1-7-5-3-2-4-6-7;/h13-14,18H,5-12H2,1-4H3;2-6H,1H3;/p+1. The van der Waals surface area contributed by atoms with E-state index in [9.17, 15) is 4.79 Å². The van der Waals surface area contributed by atoms with E-state index in [1.807, 2.05) is 44.2 Å². The van der Waals surface area contributed by atoms with E-state index in [1.165, 1.54) is 31.2 Å². The zero-order chi connectivity index (χ0) is 22.9. The van der Waals surface area contributed by atoms with Crippen molar-refractivity contribution in [1.82, 2.24) is 0 Å². The van der Waals surface area contributed by atoms with Gasteiger partial charge in [-0.2, -0.15) is 0 Å². The molecule has 2 aromatic rings. The molecule has 0 saturated carbocycles. The number of hydrogen-bond donors (Lipinski definition) is 1. The monoisotopic (exact) mass is 532 g/mol. The van der Waals surface area contributed by atoms with Gasteiger partial charge in [-0.3, -0.25) is 4.79 Å². The minimum Gasteiger partial charge on any atom is -0.320 e. The normalized spacial score (nSPS) is 15.9. The average molecular weight is 533 g/mol. The summed E-state index contributed by atoms with van der Waals surface area (Å²) in [5.41, 5.74) is 4.30. The molecule has 3 rings (SSSR count). The first-order valence-corrected chi connectivity index (χ1v) is 12.2. The Balaban J connectivity index is 0.000000545. The molecule has 173 valence electrons. The fourth-order valence-corrected chi connectivity index (χ4v) is 5.16. The zero-order valence-corrected chi connectivity index (χ0v) is 24.2. The molecule has 0 spiro atoms.